The number of hydrogen-bond acceptors (Lipinski definition) is 3. The number of nitrogens with two attached hydrogens (primary N) is 1. The van der Waals surface area contributed by atoms with Crippen LogP contribution in [0.2, 0.25) is 0 Å². The zero-order chi connectivity index (χ0) is 7.82. The topological polar surface area (TPSA) is 87.4 Å². The quantitative estimate of drug-likeness (QED) is 0.212. The van der Waals surface area contributed by atoms with Gasteiger partial charge in [-0.1, -0.05) is 6.08 Å². The molecule has 1 heterocycles. The SMILES string of the molecule is C1=CNCC1.NNC(=O)O. The third kappa shape index (κ3) is 6.77. The van der Waals surface area contributed by atoms with Crippen molar-refractivity contribution in [2.75, 3.05) is 6.54 Å². The predicted molar refractivity (Wildman–Crippen MR) is 37.1 cm³/mol. The molecule has 5 heteroatoms. The molecule has 10 heavy (non-hydrogen) atoms. The van der Waals surface area contributed by atoms with E-state index in [1.54, 1.807) is 0 Å². The molecule has 0 aliphatic carbocycles. The summed E-state index contributed by atoms with van der Waals surface area (Å²) in [5.74, 6) is 4.32. The zero-order valence-corrected chi connectivity index (χ0v) is 5.50. The Hall–Kier alpha value is -1.23. The van der Waals surface area contributed by atoms with E-state index in [1.165, 1.54) is 11.8 Å². The van der Waals surface area contributed by atoms with Gasteiger partial charge in [-0.25, -0.2) is 10.6 Å². The third-order valence-electron chi connectivity index (χ3n) is 0.815. The van der Waals surface area contributed by atoms with Gasteiger partial charge in [-0.15, -0.1) is 0 Å². The summed E-state index contributed by atoms with van der Waals surface area (Å²) in [5.41, 5.74) is 1.44. The maximum absolute atomic E-state index is 9.13. The largest absolute Gasteiger partial charge is 0.464 e. The van der Waals surface area contributed by atoms with Crippen molar-refractivity contribution in [2.24, 2.45) is 5.84 Å². The highest BCUT2D eigenvalue weighted by molar-refractivity contribution is 5.63. The summed E-state index contributed by atoms with van der Waals surface area (Å²) in [6.07, 6.45) is 4.10. The molecule has 0 saturated carbocycles. The predicted octanol–water partition coefficient (Wildman–Crippen LogP) is -0.379. The summed E-state index contributed by atoms with van der Waals surface area (Å²) < 4.78 is 0. The number of hydrazine groups is 1. The first-order valence-electron chi connectivity index (χ1n) is 2.85. The molecule has 0 aromatic rings. The van der Waals surface area contributed by atoms with E-state index in [0.29, 0.717) is 0 Å². The van der Waals surface area contributed by atoms with Crippen LogP contribution in [0.1, 0.15) is 6.42 Å². The molecule has 1 aliphatic rings. The van der Waals surface area contributed by atoms with Crippen LogP contribution in [0.3, 0.4) is 0 Å². The minimum absolute atomic E-state index is 1.14. The Morgan fingerprint density at radius 2 is 2.40 bits per heavy atom. The van der Waals surface area contributed by atoms with E-state index < -0.39 is 6.09 Å². The van der Waals surface area contributed by atoms with Gasteiger partial charge >= 0.3 is 6.09 Å². The Morgan fingerprint density at radius 1 is 1.80 bits per heavy atom. The molecular formula is C5H11N3O2. The molecule has 1 aliphatic heterocycles. The first-order chi connectivity index (χ1) is 4.77. The van der Waals surface area contributed by atoms with E-state index in [0.717, 1.165) is 6.54 Å². The van der Waals surface area contributed by atoms with Crippen LogP contribution in [-0.2, 0) is 0 Å². The summed E-state index contributed by atoms with van der Waals surface area (Å²) in [7, 11) is 0. The van der Waals surface area contributed by atoms with Crippen LogP contribution >= 0.6 is 0 Å². The second-order valence-corrected chi connectivity index (χ2v) is 1.59. The molecule has 0 atom stereocenters. The Bertz CT molecular complexity index is 118. The van der Waals surface area contributed by atoms with Crippen molar-refractivity contribution in [3.8, 4) is 0 Å². The van der Waals surface area contributed by atoms with Crippen LogP contribution in [0.4, 0.5) is 4.79 Å². The van der Waals surface area contributed by atoms with E-state index in [4.69, 9.17) is 9.90 Å². The molecule has 1 rings (SSSR count). The van der Waals surface area contributed by atoms with Gasteiger partial charge < -0.3 is 10.4 Å². The number of amides is 1. The van der Waals surface area contributed by atoms with Gasteiger partial charge in [0.25, 0.3) is 0 Å². The lowest BCUT2D eigenvalue weighted by atomic mass is 10.5. The molecule has 0 fully saturated rings. The zero-order valence-electron chi connectivity index (χ0n) is 5.50. The molecule has 0 radical (unpaired) electrons. The van der Waals surface area contributed by atoms with Crippen LogP contribution in [-0.4, -0.2) is 17.7 Å². The smallest absolute Gasteiger partial charge is 0.418 e. The van der Waals surface area contributed by atoms with Crippen LogP contribution in [0.25, 0.3) is 0 Å². The molecule has 0 unspecified atom stereocenters. The van der Waals surface area contributed by atoms with E-state index >= 15 is 0 Å². The van der Waals surface area contributed by atoms with Crippen molar-refractivity contribution >= 4 is 6.09 Å². The summed E-state index contributed by atoms with van der Waals surface area (Å²) in [5, 5.41) is 10.5. The lowest BCUT2D eigenvalue weighted by molar-refractivity contribution is 0.194. The number of hydrogen-bond donors (Lipinski definition) is 4. The van der Waals surface area contributed by atoms with Crippen LogP contribution in [0.15, 0.2) is 12.3 Å². The van der Waals surface area contributed by atoms with Crippen LogP contribution in [0, 0.1) is 0 Å². The fourth-order valence-electron chi connectivity index (χ4n) is 0.417. The molecule has 5 nitrogen and oxygen atoms in total. The summed E-state index contributed by atoms with van der Waals surface area (Å²) in [6, 6.07) is 0. The number of carboxylic acid groups (broad SMARTS) is 1. The number of carbonyl (C=O) groups is 1. The van der Waals surface area contributed by atoms with Gasteiger partial charge in [-0.2, -0.15) is 0 Å². The van der Waals surface area contributed by atoms with Gasteiger partial charge in [0.1, 0.15) is 0 Å². The van der Waals surface area contributed by atoms with E-state index in [2.05, 4.69) is 17.2 Å². The van der Waals surface area contributed by atoms with Crippen molar-refractivity contribution in [2.45, 2.75) is 6.42 Å². The second-order valence-electron chi connectivity index (χ2n) is 1.59. The molecule has 0 aromatic heterocycles. The van der Waals surface area contributed by atoms with Crippen molar-refractivity contribution in [1.82, 2.24) is 10.7 Å². The fraction of sp³-hybridized carbons (Fsp3) is 0.400. The molecular weight excluding hydrogens is 134 g/mol. The van der Waals surface area contributed by atoms with Gasteiger partial charge in [-0.3, -0.25) is 5.43 Å². The highest BCUT2D eigenvalue weighted by Gasteiger charge is 1.81. The third-order valence-corrected chi connectivity index (χ3v) is 0.815. The van der Waals surface area contributed by atoms with Gasteiger partial charge in [0, 0.05) is 6.54 Å². The minimum Gasteiger partial charge on any atom is -0.464 e. The molecule has 58 valence electrons. The standard InChI is InChI=1S/C4H7N.CH4N2O2/c1-2-4-5-3-1;2-3-1(4)5/h1,3,5H,2,4H2;3H,2H2,(H,4,5). The van der Waals surface area contributed by atoms with Crippen molar-refractivity contribution < 1.29 is 9.90 Å². The minimum atomic E-state index is -1.22. The molecule has 0 aromatic carbocycles. The van der Waals surface area contributed by atoms with Crippen LogP contribution in [0.5, 0.6) is 0 Å². The van der Waals surface area contributed by atoms with Crippen molar-refractivity contribution in [3.05, 3.63) is 12.3 Å². The van der Waals surface area contributed by atoms with E-state index in [1.807, 2.05) is 6.20 Å². The number of nitrogens with one attached hydrogen (secondary N) is 2. The van der Waals surface area contributed by atoms with E-state index in [-0.39, 0.29) is 0 Å². The second kappa shape index (κ2) is 5.90. The highest BCUT2D eigenvalue weighted by Crippen LogP contribution is 1.84. The normalized spacial score (nSPS) is 12.9. The van der Waals surface area contributed by atoms with Gasteiger partial charge in [0.15, 0.2) is 0 Å². The Balaban J connectivity index is 0.000000162. The average molecular weight is 145 g/mol. The molecule has 0 bridgehead atoms. The Kier molecular flexibility index (Phi) is 5.17. The van der Waals surface area contributed by atoms with Crippen molar-refractivity contribution in [3.63, 3.8) is 0 Å². The van der Waals surface area contributed by atoms with Crippen LogP contribution < -0.4 is 16.6 Å². The number of rotatable bonds is 0. The van der Waals surface area contributed by atoms with E-state index in [9.17, 15) is 0 Å². The first-order valence-corrected chi connectivity index (χ1v) is 2.85. The Labute approximate surface area is 58.9 Å². The summed E-state index contributed by atoms with van der Waals surface area (Å²) >= 11 is 0. The molecule has 0 saturated heterocycles. The fourth-order valence-corrected chi connectivity index (χ4v) is 0.417. The lowest BCUT2D eigenvalue weighted by Crippen LogP contribution is -2.27. The van der Waals surface area contributed by atoms with Gasteiger partial charge in [0.05, 0.1) is 0 Å². The van der Waals surface area contributed by atoms with Crippen molar-refractivity contribution in [1.29, 1.82) is 0 Å². The lowest BCUT2D eigenvalue weighted by Gasteiger charge is -1.79. The van der Waals surface area contributed by atoms with Gasteiger partial charge in [-0.05, 0) is 12.6 Å². The first kappa shape index (κ1) is 8.77. The monoisotopic (exact) mass is 145 g/mol. The summed E-state index contributed by atoms with van der Waals surface area (Å²) in [6.45, 7) is 1.14. The molecule has 5 N–H and O–H groups in total. The maximum Gasteiger partial charge on any atom is 0.418 e. The highest BCUT2D eigenvalue weighted by atomic mass is 16.4. The molecule has 0 spiro atoms. The summed E-state index contributed by atoms with van der Waals surface area (Å²) in [4.78, 5) is 9.13. The van der Waals surface area contributed by atoms with Gasteiger partial charge in [0.2, 0.25) is 0 Å². The average Bonchev–Trinajstić information content (AvgIpc) is 2.43. The maximum atomic E-state index is 9.13. The Morgan fingerprint density at radius 3 is 2.50 bits per heavy atom. The molecule has 1 amide bonds.